The Labute approximate surface area is 110 Å². The molecule has 0 atom stereocenters. The number of hydrogen-bond donors (Lipinski definition) is 0. The molecular weight excluding hydrogens is 207 g/mol. The molecule has 0 heterocycles. The van der Waals surface area contributed by atoms with Crippen LogP contribution in [0.25, 0.3) is 0 Å². The van der Waals surface area contributed by atoms with Gasteiger partial charge in [0, 0.05) is 0 Å². The number of rotatable bonds is 5. The molecule has 1 aromatic carbocycles. The number of carbonyl (C=O) groups is 1. The fourth-order valence-electron chi connectivity index (χ4n) is 0.941. The van der Waals surface area contributed by atoms with E-state index in [1.54, 1.807) is 24.3 Å². The van der Waals surface area contributed by atoms with E-state index in [2.05, 4.69) is 0 Å². The summed E-state index contributed by atoms with van der Waals surface area (Å²) >= 11 is 0. The summed E-state index contributed by atoms with van der Waals surface area (Å²) in [6, 6.07) is 6.73. The Morgan fingerprint density at radius 1 is 1.20 bits per heavy atom. The Kier molecular flexibility index (Phi) is 7.21. The summed E-state index contributed by atoms with van der Waals surface area (Å²) in [7, 11) is 0. The van der Waals surface area contributed by atoms with Crippen molar-refractivity contribution < 1.29 is 48.9 Å². The molecule has 5 heteroatoms. The van der Waals surface area contributed by atoms with Crippen LogP contribution in [-0.2, 0) is 4.79 Å². The first-order chi connectivity index (χ1) is 6.72. The normalized spacial score (nSPS) is 8.87. The van der Waals surface area contributed by atoms with Crippen LogP contribution in [0.5, 0.6) is 11.5 Å². The smallest absolute Gasteiger partial charge is 0.546 e. The van der Waals surface area contributed by atoms with Gasteiger partial charge in [-0.25, -0.2) is 0 Å². The van der Waals surface area contributed by atoms with Crippen LogP contribution in [0.1, 0.15) is 6.92 Å². The number of carbonyl (C=O) groups excluding carboxylic acids is 1. The van der Waals surface area contributed by atoms with Crippen molar-refractivity contribution in [2.75, 3.05) is 13.2 Å². The fourth-order valence-corrected chi connectivity index (χ4v) is 0.941. The van der Waals surface area contributed by atoms with Crippen LogP contribution in [-0.4, -0.2) is 19.2 Å². The zero-order valence-corrected chi connectivity index (χ0v) is 10.9. The molecule has 0 radical (unpaired) electrons. The molecule has 4 nitrogen and oxygen atoms in total. The van der Waals surface area contributed by atoms with Gasteiger partial charge in [0.25, 0.3) is 0 Å². The maximum atomic E-state index is 10.1. The second-order valence-corrected chi connectivity index (χ2v) is 2.57. The van der Waals surface area contributed by atoms with Gasteiger partial charge in [-0.3, -0.25) is 0 Å². The molecular formula is C10H11NaO4. The van der Waals surface area contributed by atoms with Crippen molar-refractivity contribution in [2.45, 2.75) is 6.92 Å². The van der Waals surface area contributed by atoms with Crippen LogP contribution < -0.4 is 44.1 Å². The molecule has 0 bridgehead atoms. The van der Waals surface area contributed by atoms with E-state index in [9.17, 15) is 9.90 Å². The van der Waals surface area contributed by atoms with E-state index in [0.29, 0.717) is 12.4 Å². The molecule has 0 N–H and O–H groups in total. The number of ether oxygens (including phenoxy) is 2. The third-order valence-electron chi connectivity index (χ3n) is 1.49. The second kappa shape index (κ2) is 7.56. The molecule has 0 saturated heterocycles. The minimum Gasteiger partial charge on any atom is -0.546 e. The van der Waals surface area contributed by atoms with Gasteiger partial charge in [-0.15, -0.1) is 0 Å². The second-order valence-electron chi connectivity index (χ2n) is 2.57. The number of carboxylic acids is 1. The number of carboxylic acid groups (broad SMARTS) is 1. The van der Waals surface area contributed by atoms with Gasteiger partial charge in [-0.1, -0.05) is 0 Å². The van der Waals surface area contributed by atoms with Crippen molar-refractivity contribution in [3.8, 4) is 11.5 Å². The third kappa shape index (κ3) is 5.67. The van der Waals surface area contributed by atoms with E-state index >= 15 is 0 Å². The van der Waals surface area contributed by atoms with Gasteiger partial charge < -0.3 is 19.4 Å². The Balaban J connectivity index is 0.00000196. The van der Waals surface area contributed by atoms with Crippen LogP contribution in [0, 0.1) is 0 Å². The van der Waals surface area contributed by atoms with Crippen molar-refractivity contribution in [2.24, 2.45) is 0 Å². The molecule has 76 valence electrons. The minimum atomic E-state index is -1.24. The maximum absolute atomic E-state index is 10.1. The van der Waals surface area contributed by atoms with E-state index < -0.39 is 12.6 Å². The van der Waals surface area contributed by atoms with Gasteiger partial charge in [-0.2, -0.15) is 0 Å². The first kappa shape index (κ1) is 14.3. The molecule has 0 fully saturated rings. The predicted molar refractivity (Wildman–Crippen MR) is 48.1 cm³/mol. The van der Waals surface area contributed by atoms with Gasteiger partial charge in [0.1, 0.15) is 18.1 Å². The summed E-state index contributed by atoms with van der Waals surface area (Å²) in [5, 5.41) is 10.1. The standard InChI is InChI=1S/C10H12O4.Na/c1-2-13-8-3-5-9(6-4-8)14-7-10(11)12;/h3-6H,2,7H2,1H3,(H,11,12);/q;+1/p-1. The number of hydrogen-bond acceptors (Lipinski definition) is 4. The molecule has 0 saturated carbocycles. The van der Waals surface area contributed by atoms with E-state index in [1.807, 2.05) is 6.92 Å². The topological polar surface area (TPSA) is 58.6 Å². The minimum absolute atomic E-state index is 0. The summed E-state index contributed by atoms with van der Waals surface area (Å²) in [5.41, 5.74) is 0. The van der Waals surface area contributed by atoms with E-state index in [4.69, 9.17) is 9.47 Å². The van der Waals surface area contributed by atoms with E-state index in [1.165, 1.54) is 0 Å². The van der Waals surface area contributed by atoms with Crippen molar-refractivity contribution in [1.29, 1.82) is 0 Å². The number of benzene rings is 1. The average Bonchev–Trinajstić information content (AvgIpc) is 2.17. The molecule has 0 aliphatic carbocycles. The summed E-state index contributed by atoms with van der Waals surface area (Å²) in [4.78, 5) is 10.1. The zero-order chi connectivity index (χ0) is 10.4. The number of aliphatic carboxylic acids is 1. The van der Waals surface area contributed by atoms with Crippen LogP contribution in [0.3, 0.4) is 0 Å². The Morgan fingerprint density at radius 2 is 1.67 bits per heavy atom. The Morgan fingerprint density at radius 3 is 2.07 bits per heavy atom. The van der Waals surface area contributed by atoms with E-state index in [-0.39, 0.29) is 29.6 Å². The van der Waals surface area contributed by atoms with Crippen LogP contribution in [0.2, 0.25) is 0 Å². The molecule has 0 unspecified atom stereocenters. The largest absolute Gasteiger partial charge is 1.00 e. The van der Waals surface area contributed by atoms with Crippen molar-refractivity contribution in [1.82, 2.24) is 0 Å². The third-order valence-corrected chi connectivity index (χ3v) is 1.49. The van der Waals surface area contributed by atoms with Gasteiger partial charge in [0.15, 0.2) is 0 Å². The van der Waals surface area contributed by atoms with Gasteiger partial charge in [-0.05, 0) is 31.2 Å². The molecule has 1 rings (SSSR count). The van der Waals surface area contributed by atoms with Crippen LogP contribution >= 0.6 is 0 Å². The average molecular weight is 218 g/mol. The summed E-state index contributed by atoms with van der Waals surface area (Å²) in [6.07, 6.45) is 0. The molecule has 15 heavy (non-hydrogen) atoms. The SMILES string of the molecule is CCOc1ccc(OCC(=O)[O-])cc1.[Na+]. The van der Waals surface area contributed by atoms with E-state index in [0.717, 1.165) is 5.75 Å². The Hall–Kier alpha value is -0.710. The monoisotopic (exact) mass is 218 g/mol. The molecule has 1 aromatic rings. The first-order valence-electron chi connectivity index (χ1n) is 4.28. The van der Waals surface area contributed by atoms with Crippen molar-refractivity contribution in [3.05, 3.63) is 24.3 Å². The van der Waals surface area contributed by atoms with Crippen LogP contribution in [0.4, 0.5) is 0 Å². The zero-order valence-electron chi connectivity index (χ0n) is 8.86. The van der Waals surface area contributed by atoms with Gasteiger partial charge >= 0.3 is 29.6 Å². The molecule has 0 spiro atoms. The fraction of sp³-hybridized carbons (Fsp3) is 0.300. The summed E-state index contributed by atoms with van der Waals surface area (Å²) in [6.45, 7) is 2.05. The van der Waals surface area contributed by atoms with Gasteiger partial charge in [0.2, 0.25) is 0 Å². The molecule has 0 amide bonds. The molecule has 0 aliphatic heterocycles. The van der Waals surface area contributed by atoms with Crippen molar-refractivity contribution in [3.63, 3.8) is 0 Å². The quantitative estimate of drug-likeness (QED) is 0.502. The van der Waals surface area contributed by atoms with Gasteiger partial charge in [0.05, 0.1) is 12.6 Å². The van der Waals surface area contributed by atoms with Crippen LogP contribution in [0.15, 0.2) is 24.3 Å². The first-order valence-corrected chi connectivity index (χ1v) is 4.28. The molecule has 0 aliphatic rings. The Bertz CT molecular complexity index is 297. The maximum Gasteiger partial charge on any atom is 1.00 e. The summed E-state index contributed by atoms with van der Waals surface area (Å²) in [5.74, 6) is -0.0233. The predicted octanol–water partition coefficient (Wildman–Crippen LogP) is -2.78. The summed E-state index contributed by atoms with van der Waals surface area (Å²) < 4.78 is 10.1. The van der Waals surface area contributed by atoms with Crippen molar-refractivity contribution >= 4 is 5.97 Å². The molecule has 0 aromatic heterocycles.